The molecular weight excluding hydrogens is 420 g/mol. The van der Waals surface area contributed by atoms with Gasteiger partial charge < -0.3 is 15.0 Å². The molecule has 172 valence electrons. The predicted octanol–water partition coefficient (Wildman–Crippen LogP) is 4.71. The number of nitrogens with zero attached hydrogens (tertiary/aromatic N) is 1. The quantitative estimate of drug-likeness (QED) is 0.565. The summed E-state index contributed by atoms with van der Waals surface area (Å²) in [5.41, 5.74) is 3.35. The Labute approximate surface area is 195 Å². The topological polar surface area (TPSA) is 58.6 Å². The highest BCUT2D eigenvalue weighted by molar-refractivity contribution is 7.99. The number of carbonyl (C=O) groups excluding carboxylic acids is 2. The first-order valence-electron chi connectivity index (χ1n) is 11.3. The van der Waals surface area contributed by atoms with E-state index in [9.17, 15) is 9.59 Å². The van der Waals surface area contributed by atoms with Gasteiger partial charge in [0.05, 0.1) is 12.9 Å². The minimum Gasteiger partial charge on any atom is -0.497 e. The highest BCUT2D eigenvalue weighted by atomic mass is 32.2. The number of rotatable bonds is 10. The number of nitrogens with one attached hydrogen (secondary N) is 1. The molecule has 1 fully saturated rings. The number of carbonyl (C=O) groups is 2. The molecule has 0 aromatic heterocycles. The molecule has 0 spiro atoms. The van der Waals surface area contributed by atoms with Crippen LogP contribution in [0.4, 0.5) is 0 Å². The average molecular weight is 455 g/mol. The molecule has 2 amide bonds. The van der Waals surface area contributed by atoms with Crippen LogP contribution in [0.15, 0.2) is 48.5 Å². The molecule has 1 atom stereocenters. The molecule has 1 saturated carbocycles. The molecule has 1 aliphatic rings. The number of hydrogen-bond acceptors (Lipinski definition) is 4. The zero-order valence-electron chi connectivity index (χ0n) is 19.3. The van der Waals surface area contributed by atoms with Gasteiger partial charge in [0.1, 0.15) is 11.8 Å². The lowest BCUT2D eigenvalue weighted by molar-refractivity contribution is -0.138. The first kappa shape index (κ1) is 24.2. The smallest absolute Gasteiger partial charge is 0.242 e. The molecule has 1 aliphatic carbocycles. The Bertz CT molecular complexity index is 877. The maximum absolute atomic E-state index is 13.2. The summed E-state index contributed by atoms with van der Waals surface area (Å²) in [7, 11) is 1.65. The van der Waals surface area contributed by atoms with Crippen LogP contribution in [0.25, 0.3) is 0 Å². The van der Waals surface area contributed by atoms with Crippen molar-refractivity contribution in [2.24, 2.45) is 0 Å². The maximum atomic E-state index is 13.2. The van der Waals surface area contributed by atoms with Gasteiger partial charge >= 0.3 is 0 Å². The van der Waals surface area contributed by atoms with Gasteiger partial charge in [0.15, 0.2) is 0 Å². The Balaban J connectivity index is 1.63. The zero-order valence-corrected chi connectivity index (χ0v) is 20.1. The summed E-state index contributed by atoms with van der Waals surface area (Å²) >= 11 is 1.57. The third kappa shape index (κ3) is 7.02. The maximum Gasteiger partial charge on any atom is 0.242 e. The molecule has 1 N–H and O–H groups in total. The monoisotopic (exact) mass is 454 g/mol. The molecule has 2 aromatic rings. The van der Waals surface area contributed by atoms with E-state index < -0.39 is 6.04 Å². The van der Waals surface area contributed by atoms with Crippen LogP contribution >= 0.6 is 11.8 Å². The highest BCUT2D eigenvalue weighted by Gasteiger charge is 2.28. The summed E-state index contributed by atoms with van der Waals surface area (Å²) in [5.74, 6) is 1.81. The lowest BCUT2D eigenvalue weighted by Crippen LogP contribution is -2.50. The number of ether oxygens (including phenoxy) is 1. The van der Waals surface area contributed by atoms with Crippen LogP contribution in [0.5, 0.6) is 5.75 Å². The summed E-state index contributed by atoms with van der Waals surface area (Å²) < 4.78 is 5.20. The molecule has 0 bridgehead atoms. The summed E-state index contributed by atoms with van der Waals surface area (Å²) in [5, 5.41) is 3.15. The van der Waals surface area contributed by atoms with Crippen molar-refractivity contribution in [2.45, 2.75) is 63.9 Å². The van der Waals surface area contributed by atoms with Crippen LogP contribution in [-0.4, -0.2) is 41.7 Å². The van der Waals surface area contributed by atoms with Crippen molar-refractivity contribution >= 4 is 23.6 Å². The second-order valence-electron chi connectivity index (χ2n) is 8.51. The molecule has 32 heavy (non-hydrogen) atoms. The Hall–Kier alpha value is -2.47. The molecular formula is C26H34N2O3S. The van der Waals surface area contributed by atoms with E-state index in [1.165, 1.54) is 5.56 Å². The SMILES string of the molecule is COc1ccc(CSCC(=O)N(Cc2ccc(C)cc2)[C@H](C)C(=O)NC2CCCC2)cc1. The van der Waals surface area contributed by atoms with E-state index in [1.807, 2.05) is 62.4 Å². The molecule has 3 rings (SSSR count). The van der Waals surface area contributed by atoms with Crippen LogP contribution < -0.4 is 10.1 Å². The fraction of sp³-hybridized carbons (Fsp3) is 0.462. The summed E-state index contributed by atoms with van der Waals surface area (Å²) in [4.78, 5) is 27.8. The number of benzene rings is 2. The van der Waals surface area contributed by atoms with E-state index in [0.29, 0.717) is 12.3 Å². The van der Waals surface area contributed by atoms with Crippen LogP contribution in [-0.2, 0) is 21.9 Å². The van der Waals surface area contributed by atoms with Crippen molar-refractivity contribution in [3.8, 4) is 5.75 Å². The van der Waals surface area contributed by atoms with Gasteiger partial charge in [0.2, 0.25) is 11.8 Å². The van der Waals surface area contributed by atoms with Crippen LogP contribution in [0.1, 0.15) is 49.3 Å². The molecule has 0 unspecified atom stereocenters. The lowest BCUT2D eigenvalue weighted by Gasteiger charge is -2.29. The van der Waals surface area contributed by atoms with Gasteiger partial charge in [0, 0.05) is 18.3 Å². The minimum absolute atomic E-state index is 0.0156. The van der Waals surface area contributed by atoms with Crippen LogP contribution in [0.2, 0.25) is 0 Å². The average Bonchev–Trinajstić information content (AvgIpc) is 3.31. The molecule has 2 aromatic carbocycles. The standard InChI is InChI=1S/C26H34N2O3S/c1-19-8-10-21(11-9-19)16-28(20(2)26(30)27-23-6-4-5-7-23)25(29)18-32-17-22-12-14-24(31-3)15-13-22/h8-15,20,23H,4-7,16-18H2,1-3H3,(H,27,30)/t20-/m1/s1. The first-order valence-corrected chi connectivity index (χ1v) is 12.5. The van der Waals surface area contributed by atoms with Gasteiger partial charge in [-0.1, -0.05) is 54.8 Å². The van der Waals surface area contributed by atoms with Crippen LogP contribution in [0, 0.1) is 6.92 Å². The van der Waals surface area contributed by atoms with E-state index in [0.717, 1.165) is 48.3 Å². The molecule has 0 radical (unpaired) electrons. The van der Waals surface area contributed by atoms with Gasteiger partial charge in [-0.15, -0.1) is 11.8 Å². The number of amides is 2. The third-order valence-corrected chi connectivity index (χ3v) is 6.98. The molecule has 5 nitrogen and oxygen atoms in total. The van der Waals surface area contributed by atoms with Crippen molar-refractivity contribution in [2.75, 3.05) is 12.9 Å². The molecule has 0 heterocycles. The summed E-state index contributed by atoms with van der Waals surface area (Å²) in [6.45, 7) is 4.31. The van der Waals surface area contributed by atoms with Crippen LogP contribution in [0.3, 0.4) is 0 Å². The van der Waals surface area contributed by atoms with Gasteiger partial charge in [-0.05, 0) is 49.9 Å². The number of methoxy groups -OCH3 is 1. The zero-order chi connectivity index (χ0) is 22.9. The van der Waals surface area contributed by atoms with Gasteiger partial charge in [0.25, 0.3) is 0 Å². The Kier molecular flexibility index (Phi) is 9.03. The highest BCUT2D eigenvalue weighted by Crippen LogP contribution is 2.20. The van der Waals surface area contributed by atoms with Crippen molar-refractivity contribution in [1.29, 1.82) is 0 Å². The fourth-order valence-electron chi connectivity index (χ4n) is 3.93. The number of hydrogen-bond donors (Lipinski definition) is 1. The van der Waals surface area contributed by atoms with Crippen molar-refractivity contribution in [1.82, 2.24) is 10.2 Å². The minimum atomic E-state index is -0.508. The van der Waals surface area contributed by atoms with Crippen molar-refractivity contribution in [3.05, 3.63) is 65.2 Å². The predicted molar refractivity (Wildman–Crippen MR) is 131 cm³/mol. The Morgan fingerprint density at radius 2 is 1.69 bits per heavy atom. The Morgan fingerprint density at radius 3 is 2.31 bits per heavy atom. The molecule has 6 heteroatoms. The first-order chi connectivity index (χ1) is 15.5. The second kappa shape index (κ2) is 12.0. The Morgan fingerprint density at radius 1 is 1.06 bits per heavy atom. The van der Waals surface area contributed by atoms with E-state index in [2.05, 4.69) is 5.32 Å². The van der Waals surface area contributed by atoms with E-state index in [4.69, 9.17) is 4.74 Å². The van der Waals surface area contributed by atoms with Gasteiger partial charge in [-0.25, -0.2) is 0 Å². The number of aryl methyl sites for hydroxylation is 1. The summed E-state index contributed by atoms with van der Waals surface area (Å²) in [6.07, 6.45) is 4.38. The summed E-state index contributed by atoms with van der Waals surface area (Å²) in [6, 6.07) is 15.8. The van der Waals surface area contributed by atoms with Crippen molar-refractivity contribution < 1.29 is 14.3 Å². The lowest BCUT2D eigenvalue weighted by atomic mass is 10.1. The van der Waals surface area contributed by atoms with E-state index in [1.54, 1.807) is 23.8 Å². The molecule has 0 saturated heterocycles. The number of thioether (sulfide) groups is 1. The van der Waals surface area contributed by atoms with Gasteiger partial charge in [-0.3, -0.25) is 9.59 Å². The van der Waals surface area contributed by atoms with Gasteiger partial charge in [-0.2, -0.15) is 0 Å². The normalized spacial score (nSPS) is 14.7. The van der Waals surface area contributed by atoms with E-state index >= 15 is 0 Å². The van der Waals surface area contributed by atoms with Crippen molar-refractivity contribution in [3.63, 3.8) is 0 Å². The molecule has 0 aliphatic heterocycles. The van der Waals surface area contributed by atoms with E-state index in [-0.39, 0.29) is 17.9 Å². The fourth-order valence-corrected chi connectivity index (χ4v) is 4.80. The largest absolute Gasteiger partial charge is 0.497 e. The second-order valence-corrected chi connectivity index (χ2v) is 9.50. The third-order valence-electron chi connectivity index (χ3n) is 6.00.